The lowest BCUT2D eigenvalue weighted by Crippen LogP contribution is -2.50. The largest absolute Gasteiger partial charge is 0.466 e. The maximum Gasteiger partial charge on any atom is 0.408 e. The van der Waals surface area contributed by atoms with E-state index in [0.717, 1.165) is 19.3 Å². The van der Waals surface area contributed by atoms with Gasteiger partial charge in [0, 0.05) is 13.0 Å². The number of ether oxygens (including phenoxy) is 5. The third kappa shape index (κ3) is 9.51. The van der Waals surface area contributed by atoms with Gasteiger partial charge in [0.1, 0.15) is 17.5 Å². The summed E-state index contributed by atoms with van der Waals surface area (Å²) in [5, 5.41) is 25.4. The predicted octanol–water partition coefficient (Wildman–Crippen LogP) is 2.18. The molecule has 0 radical (unpaired) electrons. The van der Waals surface area contributed by atoms with Crippen LogP contribution >= 0.6 is 0 Å². The van der Waals surface area contributed by atoms with Gasteiger partial charge < -0.3 is 44.5 Å². The maximum absolute atomic E-state index is 12.4. The molecule has 7 unspecified atom stereocenters. The summed E-state index contributed by atoms with van der Waals surface area (Å²) < 4.78 is 29.8. The zero-order valence-corrected chi connectivity index (χ0v) is 21.5. The highest BCUT2D eigenvalue weighted by atomic mass is 16.7. The van der Waals surface area contributed by atoms with Crippen molar-refractivity contribution in [3.8, 4) is 0 Å². The van der Waals surface area contributed by atoms with E-state index in [-0.39, 0.29) is 18.8 Å². The van der Waals surface area contributed by atoms with Crippen LogP contribution in [-0.2, 0) is 23.7 Å². The van der Waals surface area contributed by atoms with E-state index in [1.165, 1.54) is 0 Å². The van der Waals surface area contributed by atoms with Gasteiger partial charge in [-0.2, -0.15) is 0 Å². The van der Waals surface area contributed by atoms with Gasteiger partial charge in [-0.05, 0) is 64.9 Å². The predicted molar refractivity (Wildman–Crippen MR) is 128 cm³/mol. The number of hydrogen-bond acceptors (Lipinski definition) is 9. The van der Waals surface area contributed by atoms with Crippen LogP contribution < -0.4 is 10.6 Å². The molecule has 1 aliphatic carbocycles. The molecule has 2 fully saturated rings. The van der Waals surface area contributed by atoms with Crippen molar-refractivity contribution < 1.29 is 38.7 Å². The zero-order chi connectivity index (χ0) is 25.4. The Morgan fingerprint density at radius 2 is 1.89 bits per heavy atom. The zero-order valence-electron chi connectivity index (χ0n) is 21.5. The molecular formula is C25H44N2O8. The summed E-state index contributed by atoms with van der Waals surface area (Å²) in [6.07, 6.45) is 3.81. The number of aliphatic hydroxyl groups is 2. The molecule has 35 heavy (non-hydrogen) atoms. The molecule has 1 saturated heterocycles. The fourth-order valence-corrected chi connectivity index (χ4v) is 4.58. The Bertz CT molecular complexity index is 697. The smallest absolute Gasteiger partial charge is 0.408 e. The van der Waals surface area contributed by atoms with Crippen molar-refractivity contribution in [1.82, 2.24) is 10.6 Å². The Labute approximate surface area is 208 Å². The lowest BCUT2D eigenvalue weighted by Gasteiger charge is -2.39. The maximum atomic E-state index is 12.4. The molecule has 4 N–H and O–H groups in total. The number of alkyl carbamates (subject to hydrolysis) is 1. The van der Waals surface area contributed by atoms with Crippen molar-refractivity contribution in [1.29, 1.82) is 0 Å². The first kappa shape index (κ1) is 28.1. The Hall–Kier alpha value is -1.43. The molecule has 7 atom stereocenters. The van der Waals surface area contributed by atoms with E-state index < -0.39 is 36.4 Å². The van der Waals surface area contributed by atoms with Crippen LogP contribution in [0.1, 0.15) is 66.2 Å². The van der Waals surface area contributed by atoms with Crippen LogP contribution in [0.25, 0.3) is 0 Å². The molecule has 0 aromatic heterocycles. The van der Waals surface area contributed by atoms with Crippen LogP contribution in [0.2, 0.25) is 0 Å². The first-order valence-electron chi connectivity index (χ1n) is 12.9. The molecule has 1 saturated carbocycles. The summed E-state index contributed by atoms with van der Waals surface area (Å²) >= 11 is 0. The Morgan fingerprint density at radius 1 is 1.17 bits per heavy atom. The molecule has 0 bridgehead atoms. The number of amides is 1. The average molecular weight is 501 g/mol. The van der Waals surface area contributed by atoms with Crippen LogP contribution in [0, 0.1) is 5.92 Å². The molecular weight excluding hydrogens is 456 g/mol. The Kier molecular flexibility index (Phi) is 10.6. The van der Waals surface area contributed by atoms with E-state index >= 15 is 0 Å². The minimum atomic E-state index is -0.681. The molecule has 202 valence electrons. The fourth-order valence-electron chi connectivity index (χ4n) is 4.58. The molecule has 3 aliphatic rings. The molecule has 0 aromatic carbocycles. The summed E-state index contributed by atoms with van der Waals surface area (Å²) in [6, 6.07) is -0.405. The normalized spacial score (nSPS) is 34.0. The second kappa shape index (κ2) is 13.2. The number of aliphatic hydroxyl groups excluding tert-OH is 2. The highest BCUT2D eigenvalue weighted by molar-refractivity contribution is 5.68. The lowest BCUT2D eigenvalue weighted by molar-refractivity contribution is -0.256. The number of carbonyl (C=O) groups excluding carboxylic acids is 1. The van der Waals surface area contributed by atoms with Crippen LogP contribution in [0.15, 0.2) is 11.8 Å². The second-order valence-electron chi connectivity index (χ2n) is 10.8. The van der Waals surface area contributed by atoms with E-state index in [1.807, 2.05) is 26.8 Å². The van der Waals surface area contributed by atoms with Gasteiger partial charge in [-0.15, -0.1) is 0 Å². The Morgan fingerprint density at radius 3 is 2.54 bits per heavy atom. The van der Waals surface area contributed by atoms with Crippen molar-refractivity contribution in [2.24, 2.45) is 5.92 Å². The van der Waals surface area contributed by atoms with Gasteiger partial charge in [-0.1, -0.05) is 6.92 Å². The number of nitrogens with one attached hydrogen (secondary N) is 2. The molecule has 0 aromatic rings. The topological polar surface area (TPSA) is 128 Å². The van der Waals surface area contributed by atoms with E-state index in [9.17, 15) is 9.90 Å². The van der Waals surface area contributed by atoms with Gasteiger partial charge in [-0.3, -0.25) is 0 Å². The van der Waals surface area contributed by atoms with Crippen LogP contribution in [0.5, 0.6) is 0 Å². The van der Waals surface area contributed by atoms with Crippen molar-refractivity contribution >= 4 is 6.09 Å². The third-order valence-corrected chi connectivity index (χ3v) is 6.22. The second-order valence-corrected chi connectivity index (χ2v) is 10.8. The number of rotatable bonds is 9. The van der Waals surface area contributed by atoms with Crippen LogP contribution in [0.3, 0.4) is 0 Å². The third-order valence-electron chi connectivity index (χ3n) is 6.22. The molecule has 2 aliphatic heterocycles. The summed E-state index contributed by atoms with van der Waals surface area (Å²) in [7, 11) is 0. The lowest BCUT2D eigenvalue weighted by atomic mass is 9.94. The average Bonchev–Trinajstić information content (AvgIpc) is 2.77. The van der Waals surface area contributed by atoms with Crippen LogP contribution in [-0.4, -0.2) is 85.1 Å². The highest BCUT2D eigenvalue weighted by Crippen LogP contribution is 2.30. The fraction of sp³-hybridized carbons (Fsp3) is 0.880. The summed E-state index contributed by atoms with van der Waals surface area (Å²) in [4.78, 5) is 12.4. The number of hydrogen-bond donors (Lipinski definition) is 4. The summed E-state index contributed by atoms with van der Waals surface area (Å²) in [5.41, 5.74) is -0.608. The van der Waals surface area contributed by atoms with Gasteiger partial charge >= 0.3 is 6.09 Å². The summed E-state index contributed by atoms with van der Waals surface area (Å²) in [5.74, 6) is 1.03. The first-order chi connectivity index (χ1) is 16.6. The monoisotopic (exact) mass is 500 g/mol. The van der Waals surface area contributed by atoms with E-state index in [2.05, 4.69) is 17.6 Å². The van der Waals surface area contributed by atoms with Gasteiger partial charge in [0.2, 0.25) is 6.29 Å². The quantitative estimate of drug-likeness (QED) is 0.352. The molecule has 1 amide bonds. The molecule has 3 rings (SSSR count). The van der Waals surface area contributed by atoms with Crippen molar-refractivity contribution in [2.45, 2.75) is 109 Å². The van der Waals surface area contributed by atoms with E-state index in [1.54, 1.807) is 0 Å². The van der Waals surface area contributed by atoms with Gasteiger partial charge in [0.05, 0.1) is 38.0 Å². The minimum absolute atomic E-state index is 0.0395. The molecule has 10 nitrogen and oxygen atoms in total. The number of carbonyl (C=O) groups is 1. The minimum Gasteiger partial charge on any atom is -0.466 e. The van der Waals surface area contributed by atoms with E-state index in [4.69, 9.17) is 28.8 Å². The van der Waals surface area contributed by atoms with Crippen molar-refractivity contribution in [3.63, 3.8) is 0 Å². The highest BCUT2D eigenvalue weighted by Gasteiger charge is 2.37. The van der Waals surface area contributed by atoms with Gasteiger partial charge in [0.15, 0.2) is 6.29 Å². The van der Waals surface area contributed by atoms with Crippen molar-refractivity contribution in [3.05, 3.63) is 11.8 Å². The molecule has 0 spiro atoms. The summed E-state index contributed by atoms with van der Waals surface area (Å²) in [6.45, 7) is 9.06. The van der Waals surface area contributed by atoms with Gasteiger partial charge in [0.25, 0.3) is 0 Å². The standard InChI is InChI=1S/C25H44N2O8/c1-16-12-21(29)23(31-15-16)33-18-7-5-6-17(13-18)32-22-20(27-24(30)35-25(2,3)4)9-8-19(34-22)14-26-10-11-28/h8,16-18,20-23,26,28-29H,5-7,9-15H2,1-4H3,(H,27,30). The van der Waals surface area contributed by atoms with Crippen LogP contribution in [0.4, 0.5) is 4.79 Å². The molecule has 10 heteroatoms. The molecule has 2 heterocycles. The van der Waals surface area contributed by atoms with Crippen molar-refractivity contribution in [2.75, 3.05) is 26.3 Å². The van der Waals surface area contributed by atoms with Gasteiger partial charge in [-0.25, -0.2) is 4.79 Å². The SMILES string of the molecule is CC1COC(OC2CCCC(OC3OC(CNCCO)=CCC3NC(=O)OC(C)(C)C)C2)C(O)C1. The Balaban J connectivity index is 1.58. The first-order valence-corrected chi connectivity index (χ1v) is 12.9. The van der Waals surface area contributed by atoms with E-state index in [0.29, 0.717) is 50.6 Å².